The summed E-state index contributed by atoms with van der Waals surface area (Å²) in [6.45, 7) is 3.66. The van der Waals surface area contributed by atoms with E-state index in [-0.39, 0.29) is 24.8 Å². The molecule has 53 heavy (non-hydrogen) atoms. The van der Waals surface area contributed by atoms with E-state index in [2.05, 4.69) is 54.3 Å². The summed E-state index contributed by atoms with van der Waals surface area (Å²) < 4.78 is 2.17. The van der Waals surface area contributed by atoms with Crippen LogP contribution in [-0.4, -0.2) is 97.4 Å². The third kappa shape index (κ3) is 5.88. The summed E-state index contributed by atoms with van der Waals surface area (Å²) in [6, 6.07) is 15.5. The lowest BCUT2D eigenvalue weighted by Gasteiger charge is -2.42. The molecular formula is C40H40N8O5. The van der Waals surface area contributed by atoms with Crippen molar-refractivity contribution in [1.29, 1.82) is 0 Å². The number of aromatic nitrogens is 3. The number of rotatable bonds is 6. The molecule has 13 nitrogen and oxygen atoms in total. The first kappa shape index (κ1) is 33.2. The van der Waals surface area contributed by atoms with Gasteiger partial charge >= 0.3 is 0 Å². The Morgan fingerprint density at radius 1 is 0.717 bits per heavy atom. The molecule has 270 valence electrons. The number of aryl methyl sites for hydroxylation is 1. The summed E-state index contributed by atoms with van der Waals surface area (Å²) in [5, 5.41) is 20.4. The molecule has 0 radical (unpaired) electrons. The Hall–Kier alpha value is -5.69. The van der Waals surface area contributed by atoms with Gasteiger partial charge in [-0.2, -0.15) is 5.10 Å². The third-order valence-corrected chi connectivity index (χ3v) is 11.8. The van der Waals surface area contributed by atoms with E-state index in [0.717, 1.165) is 109 Å². The second-order valence-corrected chi connectivity index (χ2v) is 14.7. The van der Waals surface area contributed by atoms with Crippen LogP contribution in [0, 0.1) is 0 Å². The monoisotopic (exact) mass is 712 g/mol. The molecule has 2 aromatic carbocycles. The van der Waals surface area contributed by atoms with Crippen LogP contribution < -0.4 is 10.2 Å². The summed E-state index contributed by atoms with van der Waals surface area (Å²) >= 11 is 0. The minimum absolute atomic E-state index is 0.0965. The maximum absolute atomic E-state index is 13.4. The highest BCUT2D eigenvalue weighted by Crippen LogP contribution is 2.37. The van der Waals surface area contributed by atoms with Gasteiger partial charge < -0.3 is 15.0 Å². The number of nitrogens with one attached hydrogen (secondary N) is 1. The SMILES string of the molecule is O=C1CCC(N2C(=O)c3ccc(N4CCC(N5CCC(n6cc(-c7ccc8c(c7)CC/C8=N\O)c(-c7ccncc7)n6)CC5)CC4)cc3C2=O)C(=O)N1. The van der Waals surface area contributed by atoms with Gasteiger partial charge in [0, 0.05) is 79.6 Å². The van der Waals surface area contributed by atoms with E-state index < -0.39 is 23.8 Å². The number of pyridine rings is 1. The number of fused-ring (bicyclic) bond motifs is 2. The van der Waals surface area contributed by atoms with Crippen molar-refractivity contribution >= 4 is 35.0 Å². The zero-order chi connectivity index (χ0) is 36.2. The number of amides is 4. The molecule has 0 spiro atoms. The predicted octanol–water partition coefficient (Wildman–Crippen LogP) is 4.44. The van der Waals surface area contributed by atoms with Crippen molar-refractivity contribution in [3.8, 4) is 22.4 Å². The van der Waals surface area contributed by atoms with E-state index in [9.17, 15) is 24.4 Å². The molecule has 2 N–H and O–H groups in total. The van der Waals surface area contributed by atoms with Gasteiger partial charge in [0.05, 0.1) is 22.9 Å². The molecule has 9 rings (SSSR count). The van der Waals surface area contributed by atoms with Crippen molar-refractivity contribution in [1.82, 2.24) is 29.9 Å². The first-order valence-electron chi connectivity index (χ1n) is 18.5. The zero-order valence-corrected chi connectivity index (χ0v) is 29.3. The molecule has 6 heterocycles. The highest BCUT2D eigenvalue weighted by atomic mass is 16.4. The van der Waals surface area contributed by atoms with E-state index in [1.165, 1.54) is 5.56 Å². The highest BCUT2D eigenvalue weighted by molar-refractivity contribution is 6.23. The lowest BCUT2D eigenvalue weighted by Crippen LogP contribution is -2.54. The number of benzene rings is 2. The molecule has 4 aromatic rings. The smallest absolute Gasteiger partial charge is 0.262 e. The van der Waals surface area contributed by atoms with Crippen molar-refractivity contribution in [2.45, 2.75) is 69.5 Å². The zero-order valence-electron chi connectivity index (χ0n) is 29.3. The van der Waals surface area contributed by atoms with Crippen LogP contribution in [0.4, 0.5) is 5.69 Å². The van der Waals surface area contributed by atoms with Gasteiger partial charge in [0.15, 0.2) is 0 Å². The average molecular weight is 713 g/mol. The Bertz CT molecular complexity index is 2160. The van der Waals surface area contributed by atoms with Crippen molar-refractivity contribution < 1.29 is 24.4 Å². The average Bonchev–Trinajstić information content (AvgIpc) is 3.89. The van der Waals surface area contributed by atoms with Crippen molar-refractivity contribution in [3.63, 3.8) is 0 Å². The molecule has 4 aliphatic heterocycles. The maximum Gasteiger partial charge on any atom is 0.262 e. The summed E-state index contributed by atoms with van der Waals surface area (Å²) in [6.07, 6.45) is 11.6. The molecule has 13 heteroatoms. The number of hydrogen-bond donors (Lipinski definition) is 2. The Labute approximate surface area is 306 Å². The number of likely N-dealkylation sites (tertiary alicyclic amines) is 1. The third-order valence-electron chi connectivity index (χ3n) is 11.8. The molecule has 0 bridgehead atoms. The van der Waals surface area contributed by atoms with Crippen LogP contribution in [0.25, 0.3) is 22.4 Å². The Kier molecular flexibility index (Phi) is 8.37. The first-order valence-corrected chi connectivity index (χ1v) is 18.5. The topological polar surface area (TPSA) is 153 Å². The lowest BCUT2D eigenvalue weighted by atomic mass is 9.97. The quantitative estimate of drug-likeness (QED) is 0.168. The van der Waals surface area contributed by atoms with Crippen LogP contribution in [0.1, 0.15) is 82.8 Å². The van der Waals surface area contributed by atoms with Gasteiger partial charge in [0.25, 0.3) is 11.8 Å². The minimum atomic E-state index is -0.968. The molecule has 3 saturated heterocycles. The standard InChI is InChI=1S/C40H40N8O5/c49-36-8-7-35(38(50)42-36)48-39(51)31-5-3-29(22-32(31)40(48)52)46-17-11-27(12-18-46)45-19-13-28(14-20-45)47-23-33(37(43-47)24-9-15-41-16-10-24)26-1-4-30-25(21-26)2-6-34(30)44-53/h1,3-5,9-10,15-16,21-23,27-28,35,53H,2,6-8,11-14,17-20H2,(H,42,49,50)/b44-34+. The molecule has 1 unspecified atom stereocenters. The number of nitrogens with zero attached hydrogens (tertiary/aromatic N) is 7. The van der Waals surface area contributed by atoms with Gasteiger partial charge in [-0.15, -0.1) is 0 Å². The van der Waals surface area contributed by atoms with Crippen LogP contribution in [-0.2, 0) is 16.0 Å². The Balaban J connectivity index is 0.849. The van der Waals surface area contributed by atoms with E-state index >= 15 is 0 Å². The fourth-order valence-corrected chi connectivity index (χ4v) is 8.91. The van der Waals surface area contributed by atoms with Crippen molar-refractivity contribution in [2.24, 2.45) is 5.16 Å². The van der Waals surface area contributed by atoms with Gasteiger partial charge in [-0.05, 0) is 86.4 Å². The number of piperidine rings is 3. The maximum atomic E-state index is 13.4. The van der Waals surface area contributed by atoms with Crippen molar-refractivity contribution in [3.05, 3.63) is 89.4 Å². The molecule has 4 amide bonds. The van der Waals surface area contributed by atoms with Gasteiger partial charge in [-0.1, -0.05) is 23.4 Å². The number of oxime groups is 1. The van der Waals surface area contributed by atoms with Crippen LogP contribution in [0.2, 0.25) is 0 Å². The van der Waals surface area contributed by atoms with E-state index in [1.807, 2.05) is 18.2 Å². The number of carbonyl (C=O) groups is 4. The van der Waals surface area contributed by atoms with E-state index in [4.69, 9.17) is 5.10 Å². The Morgan fingerprint density at radius 2 is 1.45 bits per heavy atom. The van der Waals surface area contributed by atoms with Gasteiger partial charge in [-0.25, -0.2) is 0 Å². The molecule has 2 aromatic heterocycles. The van der Waals surface area contributed by atoms with Gasteiger partial charge in [0.2, 0.25) is 11.8 Å². The lowest BCUT2D eigenvalue weighted by molar-refractivity contribution is -0.136. The number of carbonyl (C=O) groups excluding carboxylic acids is 4. The molecule has 1 aliphatic carbocycles. The first-order chi connectivity index (χ1) is 25.9. The van der Waals surface area contributed by atoms with Crippen LogP contribution in [0.15, 0.2) is 72.3 Å². The highest BCUT2D eigenvalue weighted by Gasteiger charge is 2.45. The molecule has 3 fully saturated rings. The minimum Gasteiger partial charge on any atom is -0.411 e. The summed E-state index contributed by atoms with van der Waals surface area (Å²) in [4.78, 5) is 60.8. The van der Waals surface area contributed by atoms with Crippen molar-refractivity contribution in [2.75, 3.05) is 31.1 Å². The fraction of sp³-hybridized carbons (Fsp3) is 0.375. The van der Waals surface area contributed by atoms with Crippen LogP contribution in [0.3, 0.4) is 0 Å². The Morgan fingerprint density at radius 3 is 2.21 bits per heavy atom. The predicted molar refractivity (Wildman–Crippen MR) is 196 cm³/mol. The summed E-state index contributed by atoms with van der Waals surface area (Å²) in [5.41, 5.74) is 8.64. The molecule has 0 saturated carbocycles. The second kappa shape index (κ2) is 13.4. The van der Waals surface area contributed by atoms with E-state index in [1.54, 1.807) is 24.5 Å². The molecular weight excluding hydrogens is 672 g/mol. The summed E-state index contributed by atoms with van der Waals surface area (Å²) in [5.74, 6) is -1.95. The normalized spacial score (nSPS) is 22.1. The van der Waals surface area contributed by atoms with Crippen LogP contribution >= 0.6 is 0 Å². The van der Waals surface area contributed by atoms with Gasteiger partial charge in [-0.3, -0.25) is 39.1 Å². The number of hydrogen-bond acceptors (Lipinski definition) is 10. The second-order valence-electron chi connectivity index (χ2n) is 14.7. The largest absolute Gasteiger partial charge is 0.411 e. The number of anilines is 1. The fourth-order valence-electron chi connectivity index (χ4n) is 8.91. The van der Waals surface area contributed by atoms with Gasteiger partial charge in [0.1, 0.15) is 11.7 Å². The summed E-state index contributed by atoms with van der Waals surface area (Å²) in [7, 11) is 0. The van der Waals surface area contributed by atoms with Crippen LogP contribution in [0.5, 0.6) is 0 Å². The molecule has 1 atom stereocenters. The van der Waals surface area contributed by atoms with E-state index in [0.29, 0.717) is 17.2 Å². The number of imide groups is 2. The molecule has 5 aliphatic rings.